The standard InChI is InChI=1S/C11H15N/c1-9(2)12(4)11-7-5-6-10(3)8-11/h5-8H,1H2,2-4H3. The van der Waals surface area contributed by atoms with E-state index in [1.165, 1.54) is 11.3 Å². The van der Waals surface area contributed by atoms with E-state index in [-0.39, 0.29) is 0 Å². The van der Waals surface area contributed by atoms with Crippen LogP contribution in [0, 0.1) is 6.92 Å². The van der Waals surface area contributed by atoms with Crippen molar-refractivity contribution in [2.75, 3.05) is 11.9 Å². The highest BCUT2D eigenvalue weighted by molar-refractivity contribution is 5.51. The maximum Gasteiger partial charge on any atom is 0.0407 e. The van der Waals surface area contributed by atoms with Gasteiger partial charge in [-0.1, -0.05) is 18.7 Å². The lowest BCUT2D eigenvalue weighted by molar-refractivity contribution is 1.10. The number of hydrogen-bond acceptors (Lipinski definition) is 1. The Bertz CT molecular complexity index is 289. The minimum atomic E-state index is 1.06. The molecule has 0 aliphatic carbocycles. The highest BCUT2D eigenvalue weighted by atomic mass is 15.1. The van der Waals surface area contributed by atoms with Gasteiger partial charge in [-0.3, -0.25) is 0 Å². The molecule has 1 nitrogen and oxygen atoms in total. The average molecular weight is 161 g/mol. The number of anilines is 1. The van der Waals surface area contributed by atoms with Crippen molar-refractivity contribution in [3.63, 3.8) is 0 Å². The fourth-order valence-electron chi connectivity index (χ4n) is 1.06. The average Bonchev–Trinajstić information content (AvgIpc) is 2.03. The van der Waals surface area contributed by atoms with Crippen molar-refractivity contribution in [3.8, 4) is 0 Å². The Balaban J connectivity index is 2.95. The van der Waals surface area contributed by atoms with Crippen LogP contribution in [-0.2, 0) is 0 Å². The number of nitrogens with zero attached hydrogens (tertiary/aromatic N) is 1. The van der Waals surface area contributed by atoms with E-state index in [0.717, 1.165) is 5.70 Å². The molecule has 0 aliphatic heterocycles. The maximum atomic E-state index is 3.89. The SMILES string of the molecule is C=C(C)N(C)c1cccc(C)c1. The molecule has 0 atom stereocenters. The molecule has 0 saturated carbocycles. The van der Waals surface area contributed by atoms with Crippen LogP contribution in [0.3, 0.4) is 0 Å². The summed E-state index contributed by atoms with van der Waals surface area (Å²) in [5.41, 5.74) is 3.53. The highest BCUT2D eigenvalue weighted by Gasteiger charge is 1.99. The third-order valence-electron chi connectivity index (χ3n) is 1.96. The zero-order valence-electron chi connectivity index (χ0n) is 7.96. The van der Waals surface area contributed by atoms with Crippen molar-refractivity contribution in [1.82, 2.24) is 0 Å². The normalized spacial score (nSPS) is 9.58. The molecule has 0 spiro atoms. The Labute approximate surface area is 74.3 Å². The molecule has 1 aromatic rings. The summed E-state index contributed by atoms with van der Waals surface area (Å²) in [4.78, 5) is 2.08. The molecular formula is C11H15N. The molecular weight excluding hydrogens is 146 g/mol. The number of allylic oxidation sites excluding steroid dienone is 1. The van der Waals surface area contributed by atoms with Gasteiger partial charge in [0, 0.05) is 18.4 Å². The van der Waals surface area contributed by atoms with Crippen LogP contribution in [0.2, 0.25) is 0 Å². The number of benzene rings is 1. The highest BCUT2D eigenvalue weighted by Crippen LogP contribution is 2.16. The molecule has 1 aromatic carbocycles. The second kappa shape index (κ2) is 3.44. The van der Waals surface area contributed by atoms with Gasteiger partial charge in [0.2, 0.25) is 0 Å². The van der Waals surface area contributed by atoms with Crippen LogP contribution in [-0.4, -0.2) is 7.05 Å². The molecule has 0 saturated heterocycles. The van der Waals surface area contributed by atoms with Crippen LogP contribution >= 0.6 is 0 Å². The monoisotopic (exact) mass is 161 g/mol. The minimum absolute atomic E-state index is 1.06. The van der Waals surface area contributed by atoms with Crippen molar-refractivity contribution < 1.29 is 0 Å². The molecule has 0 fully saturated rings. The Kier molecular flexibility index (Phi) is 2.54. The van der Waals surface area contributed by atoms with Crippen molar-refractivity contribution in [2.45, 2.75) is 13.8 Å². The summed E-state index contributed by atoms with van der Waals surface area (Å²) in [5.74, 6) is 0. The van der Waals surface area contributed by atoms with Crippen LogP contribution < -0.4 is 4.90 Å². The predicted octanol–water partition coefficient (Wildman–Crippen LogP) is 2.96. The third kappa shape index (κ3) is 1.88. The van der Waals surface area contributed by atoms with Crippen LogP contribution in [0.25, 0.3) is 0 Å². The van der Waals surface area contributed by atoms with E-state index in [4.69, 9.17) is 0 Å². The minimum Gasteiger partial charge on any atom is -0.349 e. The Hall–Kier alpha value is -1.24. The molecule has 0 N–H and O–H groups in total. The summed E-state index contributed by atoms with van der Waals surface area (Å²) < 4.78 is 0. The van der Waals surface area contributed by atoms with Gasteiger partial charge >= 0.3 is 0 Å². The predicted molar refractivity (Wildman–Crippen MR) is 54.4 cm³/mol. The van der Waals surface area contributed by atoms with E-state index in [0.29, 0.717) is 0 Å². The Morgan fingerprint density at radius 3 is 2.58 bits per heavy atom. The first-order valence-electron chi connectivity index (χ1n) is 4.07. The summed E-state index contributed by atoms with van der Waals surface area (Å²) in [6.07, 6.45) is 0. The van der Waals surface area contributed by atoms with Gasteiger partial charge in [-0.2, -0.15) is 0 Å². The molecule has 0 aromatic heterocycles. The summed E-state index contributed by atoms with van der Waals surface area (Å²) in [6.45, 7) is 7.98. The largest absolute Gasteiger partial charge is 0.349 e. The lowest BCUT2D eigenvalue weighted by Gasteiger charge is -2.19. The van der Waals surface area contributed by atoms with Crippen molar-refractivity contribution in [3.05, 3.63) is 42.1 Å². The number of rotatable bonds is 2. The first-order chi connectivity index (χ1) is 5.61. The van der Waals surface area contributed by atoms with Gasteiger partial charge < -0.3 is 4.90 Å². The van der Waals surface area contributed by atoms with Crippen molar-refractivity contribution >= 4 is 5.69 Å². The van der Waals surface area contributed by atoms with E-state index in [2.05, 4.69) is 42.7 Å². The van der Waals surface area contributed by atoms with E-state index in [9.17, 15) is 0 Å². The van der Waals surface area contributed by atoms with Gasteiger partial charge in [0.25, 0.3) is 0 Å². The van der Waals surface area contributed by atoms with E-state index >= 15 is 0 Å². The fraction of sp³-hybridized carbons (Fsp3) is 0.273. The van der Waals surface area contributed by atoms with Crippen LogP contribution in [0.15, 0.2) is 36.5 Å². The van der Waals surface area contributed by atoms with Crippen LogP contribution in [0.5, 0.6) is 0 Å². The van der Waals surface area contributed by atoms with E-state index in [1.807, 2.05) is 14.0 Å². The summed E-state index contributed by atoms with van der Waals surface area (Å²) in [5, 5.41) is 0. The lowest BCUT2D eigenvalue weighted by Crippen LogP contribution is -2.12. The Morgan fingerprint density at radius 1 is 1.42 bits per heavy atom. The maximum absolute atomic E-state index is 3.89. The third-order valence-corrected chi connectivity index (χ3v) is 1.96. The summed E-state index contributed by atoms with van der Waals surface area (Å²) in [7, 11) is 2.02. The smallest absolute Gasteiger partial charge is 0.0407 e. The Morgan fingerprint density at radius 2 is 2.08 bits per heavy atom. The molecule has 12 heavy (non-hydrogen) atoms. The molecule has 0 radical (unpaired) electrons. The van der Waals surface area contributed by atoms with Gasteiger partial charge in [0.05, 0.1) is 0 Å². The quantitative estimate of drug-likeness (QED) is 0.644. The second-order valence-electron chi connectivity index (χ2n) is 3.13. The molecule has 0 amide bonds. The summed E-state index contributed by atoms with van der Waals surface area (Å²) >= 11 is 0. The molecule has 1 heteroatoms. The van der Waals surface area contributed by atoms with Gasteiger partial charge in [-0.25, -0.2) is 0 Å². The number of aryl methyl sites for hydroxylation is 1. The number of hydrogen-bond donors (Lipinski definition) is 0. The van der Waals surface area contributed by atoms with Gasteiger partial charge in [0.15, 0.2) is 0 Å². The van der Waals surface area contributed by atoms with Crippen LogP contribution in [0.1, 0.15) is 12.5 Å². The van der Waals surface area contributed by atoms with Gasteiger partial charge in [0.1, 0.15) is 0 Å². The van der Waals surface area contributed by atoms with Gasteiger partial charge in [-0.15, -0.1) is 0 Å². The topological polar surface area (TPSA) is 3.24 Å². The first kappa shape index (κ1) is 8.85. The second-order valence-corrected chi connectivity index (χ2v) is 3.13. The molecule has 0 aliphatic rings. The molecule has 0 unspecified atom stereocenters. The molecule has 1 rings (SSSR count). The van der Waals surface area contributed by atoms with Crippen molar-refractivity contribution in [2.24, 2.45) is 0 Å². The molecule has 0 heterocycles. The summed E-state index contributed by atoms with van der Waals surface area (Å²) in [6, 6.07) is 8.39. The molecule has 0 bridgehead atoms. The zero-order valence-corrected chi connectivity index (χ0v) is 7.96. The first-order valence-corrected chi connectivity index (χ1v) is 4.07. The lowest BCUT2D eigenvalue weighted by atomic mass is 10.2. The zero-order chi connectivity index (χ0) is 9.14. The van der Waals surface area contributed by atoms with E-state index < -0.39 is 0 Å². The van der Waals surface area contributed by atoms with E-state index in [1.54, 1.807) is 0 Å². The fourth-order valence-corrected chi connectivity index (χ4v) is 1.06. The van der Waals surface area contributed by atoms with Crippen molar-refractivity contribution in [1.29, 1.82) is 0 Å². The van der Waals surface area contributed by atoms with Crippen LogP contribution in [0.4, 0.5) is 5.69 Å². The molecule has 64 valence electrons. The van der Waals surface area contributed by atoms with Gasteiger partial charge in [-0.05, 0) is 31.5 Å².